The normalized spacial score (nSPS) is 10.5. The van der Waals surface area contributed by atoms with Crippen molar-refractivity contribution in [1.82, 2.24) is 15.2 Å². The van der Waals surface area contributed by atoms with E-state index < -0.39 is 0 Å². The van der Waals surface area contributed by atoms with E-state index in [2.05, 4.69) is 45.6 Å². The Morgan fingerprint density at radius 3 is 2.91 bits per heavy atom. The summed E-state index contributed by atoms with van der Waals surface area (Å²) in [5, 5.41) is 10.4. The average Bonchev–Trinajstić information content (AvgIpc) is 3.05. The summed E-state index contributed by atoms with van der Waals surface area (Å²) in [4.78, 5) is 4.04. The van der Waals surface area contributed by atoms with Crippen LogP contribution in [0.2, 0.25) is 5.02 Å². The minimum Gasteiger partial charge on any atom is -0.489 e. The number of benzene rings is 2. The molecule has 2 aromatic carbocycles. The number of aryl methyl sites for hydroxylation is 1. The molecule has 0 aliphatic rings. The van der Waals surface area contributed by atoms with E-state index in [1.807, 2.05) is 24.3 Å². The monoisotopic (exact) mass is 328 g/mol. The van der Waals surface area contributed by atoms with Crippen LogP contribution in [0.5, 0.6) is 5.75 Å². The second-order valence-electron chi connectivity index (χ2n) is 5.22. The molecule has 0 saturated heterocycles. The fourth-order valence-corrected chi connectivity index (χ4v) is 2.45. The molecule has 0 aliphatic carbocycles. The first-order valence-corrected chi connectivity index (χ1v) is 7.64. The second kappa shape index (κ2) is 7.15. The predicted octanol–water partition coefficient (Wildman–Crippen LogP) is 3.96. The number of hydrogen-bond donors (Lipinski definition) is 2. The maximum atomic E-state index is 6.10. The van der Waals surface area contributed by atoms with E-state index in [0.717, 1.165) is 16.9 Å². The summed E-state index contributed by atoms with van der Waals surface area (Å²) in [5.74, 6) is 1.40. The molecular weight excluding hydrogens is 312 g/mol. The summed E-state index contributed by atoms with van der Waals surface area (Å²) >= 11 is 6.10. The fraction of sp³-hybridized carbons (Fsp3) is 0.176. The molecule has 0 unspecified atom stereocenters. The topological polar surface area (TPSA) is 62.8 Å². The van der Waals surface area contributed by atoms with Crippen molar-refractivity contribution in [2.24, 2.45) is 0 Å². The van der Waals surface area contributed by atoms with E-state index in [1.54, 1.807) is 0 Å². The van der Waals surface area contributed by atoms with Gasteiger partial charge < -0.3 is 10.1 Å². The lowest BCUT2D eigenvalue weighted by Crippen LogP contribution is -2.05. The summed E-state index contributed by atoms with van der Waals surface area (Å²) in [6.45, 7) is 3.12. The van der Waals surface area contributed by atoms with E-state index in [1.165, 1.54) is 11.9 Å². The molecule has 0 aliphatic heterocycles. The third-order valence-electron chi connectivity index (χ3n) is 3.36. The van der Waals surface area contributed by atoms with Crippen LogP contribution >= 0.6 is 11.6 Å². The number of nitrogens with one attached hydrogen (secondary N) is 2. The third kappa shape index (κ3) is 4.23. The van der Waals surface area contributed by atoms with Gasteiger partial charge in [-0.1, -0.05) is 41.4 Å². The molecule has 0 atom stereocenters. The number of aromatic amines is 1. The molecule has 0 fully saturated rings. The zero-order valence-corrected chi connectivity index (χ0v) is 13.5. The zero-order valence-electron chi connectivity index (χ0n) is 12.7. The molecule has 3 rings (SSSR count). The van der Waals surface area contributed by atoms with Gasteiger partial charge in [0.2, 0.25) is 5.95 Å². The highest BCUT2D eigenvalue weighted by molar-refractivity contribution is 6.30. The molecule has 0 bridgehead atoms. The Kier molecular flexibility index (Phi) is 4.78. The highest BCUT2D eigenvalue weighted by Crippen LogP contribution is 2.24. The van der Waals surface area contributed by atoms with E-state index in [9.17, 15) is 0 Å². The summed E-state index contributed by atoms with van der Waals surface area (Å²) in [6.07, 6.45) is 1.45. The molecule has 0 radical (unpaired) electrons. The highest BCUT2D eigenvalue weighted by atomic mass is 35.5. The molecule has 1 aromatic heterocycles. The SMILES string of the molecule is Cc1cccc(COc2ccc(Cl)cc2CNc2ncn[nH]2)c1. The van der Waals surface area contributed by atoms with Crippen LogP contribution in [0, 0.1) is 6.92 Å². The Morgan fingerprint density at radius 1 is 1.22 bits per heavy atom. The van der Waals surface area contributed by atoms with Gasteiger partial charge in [-0.25, -0.2) is 10.1 Å². The number of nitrogens with zero attached hydrogens (tertiary/aromatic N) is 2. The van der Waals surface area contributed by atoms with Crippen LogP contribution in [0.25, 0.3) is 0 Å². The van der Waals surface area contributed by atoms with Crippen molar-refractivity contribution in [3.8, 4) is 5.75 Å². The first-order valence-electron chi connectivity index (χ1n) is 7.27. The molecule has 3 aromatic rings. The number of halogens is 1. The number of H-pyrrole nitrogens is 1. The number of aromatic nitrogens is 3. The summed E-state index contributed by atoms with van der Waals surface area (Å²) < 4.78 is 5.96. The van der Waals surface area contributed by atoms with Crippen LogP contribution in [0.4, 0.5) is 5.95 Å². The zero-order chi connectivity index (χ0) is 16.1. The van der Waals surface area contributed by atoms with Crippen LogP contribution < -0.4 is 10.1 Å². The molecule has 5 nitrogen and oxygen atoms in total. The number of ether oxygens (including phenoxy) is 1. The van der Waals surface area contributed by atoms with Crippen molar-refractivity contribution in [3.63, 3.8) is 0 Å². The Morgan fingerprint density at radius 2 is 2.13 bits per heavy atom. The van der Waals surface area contributed by atoms with Gasteiger partial charge in [-0.15, -0.1) is 0 Å². The van der Waals surface area contributed by atoms with Crippen molar-refractivity contribution < 1.29 is 4.74 Å². The van der Waals surface area contributed by atoms with Crippen LogP contribution in [0.1, 0.15) is 16.7 Å². The van der Waals surface area contributed by atoms with Crippen LogP contribution in [-0.2, 0) is 13.2 Å². The molecule has 6 heteroatoms. The second-order valence-corrected chi connectivity index (χ2v) is 5.65. The molecule has 0 spiro atoms. The first-order chi connectivity index (χ1) is 11.2. The quantitative estimate of drug-likeness (QED) is 0.719. The van der Waals surface area contributed by atoms with E-state index in [-0.39, 0.29) is 0 Å². The smallest absolute Gasteiger partial charge is 0.218 e. The van der Waals surface area contributed by atoms with Crippen molar-refractivity contribution in [2.45, 2.75) is 20.1 Å². The summed E-state index contributed by atoms with van der Waals surface area (Å²) in [6, 6.07) is 13.9. The van der Waals surface area contributed by atoms with E-state index in [0.29, 0.717) is 24.1 Å². The highest BCUT2D eigenvalue weighted by Gasteiger charge is 2.06. The number of rotatable bonds is 6. The summed E-state index contributed by atoms with van der Waals surface area (Å²) in [7, 11) is 0. The molecule has 23 heavy (non-hydrogen) atoms. The minimum atomic E-state index is 0.513. The Balaban J connectivity index is 1.70. The van der Waals surface area contributed by atoms with Gasteiger partial charge in [-0.3, -0.25) is 0 Å². The van der Waals surface area contributed by atoms with Crippen molar-refractivity contribution in [1.29, 1.82) is 0 Å². The van der Waals surface area contributed by atoms with Gasteiger partial charge >= 0.3 is 0 Å². The first kappa shape index (κ1) is 15.4. The average molecular weight is 329 g/mol. The number of hydrogen-bond acceptors (Lipinski definition) is 4. The van der Waals surface area contributed by atoms with Gasteiger partial charge in [0.15, 0.2) is 0 Å². The molecule has 0 saturated carbocycles. The number of anilines is 1. The van der Waals surface area contributed by atoms with Gasteiger partial charge in [-0.2, -0.15) is 5.10 Å². The lowest BCUT2D eigenvalue weighted by atomic mass is 10.1. The Labute approximate surface area is 139 Å². The maximum absolute atomic E-state index is 6.10. The van der Waals surface area contributed by atoms with Crippen LogP contribution in [0.15, 0.2) is 48.8 Å². The van der Waals surface area contributed by atoms with Gasteiger partial charge in [-0.05, 0) is 30.7 Å². The molecule has 0 amide bonds. The van der Waals surface area contributed by atoms with Crippen molar-refractivity contribution >= 4 is 17.5 Å². The Hall–Kier alpha value is -2.53. The van der Waals surface area contributed by atoms with Crippen LogP contribution in [0.3, 0.4) is 0 Å². The molecule has 2 N–H and O–H groups in total. The van der Waals surface area contributed by atoms with Crippen molar-refractivity contribution in [3.05, 3.63) is 70.5 Å². The maximum Gasteiger partial charge on any atom is 0.218 e. The minimum absolute atomic E-state index is 0.513. The third-order valence-corrected chi connectivity index (χ3v) is 3.60. The lowest BCUT2D eigenvalue weighted by Gasteiger charge is -2.13. The predicted molar refractivity (Wildman–Crippen MR) is 90.7 cm³/mol. The standard InChI is InChI=1S/C17H17ClN4O/c1-12-3-2-4-13(7-12)10-23-16-6-5-15(18)8-14(16)9-19-17-20-11-21-22-17/h2-8,11H,9-10H2,1H3,(H2,19,20,21,22). The van der Waals surface area contributed by atoms with E-state index in [4.69, 9.17) is 16.3 Å². The summed E-state index contributed by atoms with van der Waals surface area (Å²) in [5.41, 5.74) is 3.31. The Bertz CT molecular complexity index is 774. The fourth-order valence-electron chi connectivity index (χ4n) is 2.26. The van der Waals surface area contributed by atoms with Gasteiger partial charge in [0, 0.05) is 17.1 Å². The molecular formula is C17H17ClN4O. The lowest BCUT2D eigenvalue weighted by molar-refractivity contribution is 0.303. The van der Waals surface area contributed by atoms with Gasteiger partial charge in [0.25, 0.3) is 0 Å². The molecule has 118 valence electrons. The van der Waals surface area contributed by atoms with Gasteiger partial charge in [0.1, 0.15) is 18.7 Å². The van der Waals surface area contributed by atoms with E-state index >= 15 is 0 Å². The van der Waals surface area contributed by atoms with Crippen LogP contribution in [-0.4, -0.2) is 15.2 Å². The van der Waals surface area contributed by atoms with Crippen molar-refractivity contribution in [2.75, 3.05) is 5.32 Å². The largest absolute Gasteiger partial charge is 0.489 e. The van der Waals surface area contributed by atoms with Gasteiger partial charge in [0.05, 0.1) is 0 Å². The molecule has 1 heterocycles.